The first-order chi connectivity index (χ1) is 13.0. The summed E-state index contributed by atoms with van der Waals surface area (Å²) in [5.41, 5.74) is 4.69. The summed E-state index contributed by atoms with van der Waals surface area (Å²) in [5, 5.41) is 1.16. The molecule has 0 N–H and O–H groups in total. The van der Waals surface area contributed by atoms with Gasteiger partial charge in [-0.05, 0) is 76.1 Å². The van der Waals surface area contributed by atoms with E-state index in [-0.39, 0.29) is 0 Å². The second-order valence-electron chi connectivity index (χ2n) is 7.78. The van der Waals surface area contributed by atoms with Crippen LogP contribution in [0.15, 0.2) is 34.9 Å². The van der Waals surface area contributed by atoms with E-state index in [1.165, 1.54) is 11.1 Å². The quantitative estimate of drug-likeness (QED) is 0.692. The first kappa shape index (κ1) is 18.0. The highest BCUT2D eigenvalue weighted by molar-refractivity contribution is 5.83. The van der Waals surface area contributed by atoms with Gasteiger partial charge in [0.1, 0.15) is 5.76 Å². The molecule has 1 aliphatic heterocycles. The molecule has 2 aromatic heterocycles. The van der Waals surface area contributed by atoms with Gasteiger partial charge in [0.25, 0.3) is 0 Å². The van der Waals surface area contributed by atoms with Crippen LogP contribution in [0.4, 0.5) is 5.95 Å². The van der Waals surface area contributed by atoms with Gasteiger partial charge in [0, 0.05) is 24.5 Å². The molecule has 142 valence electrons. The number of fused-ring (bicyclic) bond motifs is 1. The largest absolute Gasteiger partial charge is 0.468 e. The molecule has 5 heteroatoms. The molecule has 4 rings (SSSR count). The topological polar surface area (TPSA) is 45.4 Å². The maximum Gasteiger partial charge on any atom is 0.226 e. The number of nitrogens with zero attached hydrogens (tertiary/aromatic N) is 4. The fraction of sp³-hybridized carbons (Fsp3) is 0.455. The first-order valence-electron chi connectivity index (χ1n) is 9.74. The van der Waals surface area contributed by atoms with Crippen molar-refractivity contribution in [1.82, 2.24) is 14.9 Å². The third kappa shape index (κ3) is 3.69. The Morgan fingerprint density at radius 1 is 1.11 bits per heavy atom. The van der Waals surface area contributed by atoms with Crippen molar-refractivity contribution < 1.29 is 4.42 Å². The Labute approximate surface area is 161 Å². The Morgan fingerprint density at radius 3 is 2.56 bits per heavy atom. The van der Waals surface area contributed by atoms with Gasteiger partial charge < -0.3 is 9.32 Å². The first-order valence-corrected chi connectivity index (χ1v) is 9.74. The molecular formula is C22H28N4O. The molecule has 0 aliphatic carbocycles. The van der Waals surface area contributed by atoms with Crippen LogP contribution in [-0.4, -0.2) is 41.0 Å². The van der Waals surface area contributed by atoms with Crippen molar-refractivity contribution in [3.63, 3.8) is 0 Å². The van der Waals surface area contributed by atoms with Gasteiger partial charge in [-0.15, -0.1) is 0 Å². The van der Waals surface area contributed by atoms with Gasteiger partial charge in [-0.1, -0.05) is 0 Å². The summed E-state index contributed by atoms with van der Waals surface area (Å²) in [6, 6.07) is 8.96. The Kier molecular flexibility index (Phi) is 4.87. The van der Waals surface area contributed by atoms with Crippen molar-refractivity contribution >= 4 is 16.9 Å². The molecule has 0 atom stereocenters. The highest BCUT2D eigenvalue weighted by Crippen LogP contribution is 2.25. The van der Waals surface area contributed by atoms with Gasteiger partial charge in [0.05, 0.1) is 24.0 Å². The summed E-state index contributed by atoms with van der Waals surface area (Å²) >= 11 is 0. The van der Waals surface area contributed by atoms with Crippen molar-refractivity contribution in [1.29, 1.82) is 0 Å². The van der Waals surface area contributed by atoms with Crippen molar-refractivity contribution in [3.8, 4) is 0 Å². The fourth-order valence-electron chi connectivity index (χ4n) is 3.95. The van der Waals surface area contributed by atoms with Crippen LogP contribution in [0.25, 0.3) is 10.9 Å². The molecule has 3 aromatic rings. The number of aryl methyl sites for hydroxylation is 3. The van der Waals surface area contributed by atoms with E-state index >= 15 is 0 Å². The number of anilines is 1. The number of piperidine rings is 1. The van der Waals surface area contributed by atoms with Crippen molar-refractivity contribution in [3.05, 3.63) is 53.1 Å². The van der Waals surface area contributed by atoms with Gasteiger partial charge in [-0.3, -0.25) is 4.90 Å². The van der Waals surface area contributed by atoms with Crippen molar-refractivity contribution in [2.75, 3.05) is 25.0 Å². The van der Waals surface area contributed by atoms with Crippen LogP contribution in [0.5, 0.6) is 0 Å². The van der Waals surface area contributed by atoms with Crippen LogP contribution in [-0.2, 0) is 6.54 Å². The highest BCUT2D eigenvalue weighted by atomic mass is 16.3. The molecule has 1 saturated heterocycles. The third-order valence-electron chi connectivity index (χ3n) is 5.85. The lowest BCUT2D eigenvalue weighted by atomic mass is 10.0. The van der Waals surface area contributed by atoms with Crippen molar-refractivity contribution in [2.45, 2.75) is 46.2 Å². The van der Waals surface area contributed by atoms with E-state index in [0.29, 0.717) is 6.04 Å². The predicted octanol–water partition coefficient (Wildman–Crippen LogP) is 4.25. The number of benzene rings is 1. The van der Waals surface area contributed by atoms with Crippen LogP contribution in [0.3, 0.4) is 0 Å². The monoisotopic (exact) mass is 364 g/mol. The maximum absolute atomic E-state index is 5.49. The summed E-state index contributed by atoms with van der Waals surface area (Å²) in [7, 11) is 2.19. The Bertz CT molecular complexity index is 927. The molecule has 3 heterocycles. The molecule has 1 aromatic carbocycles. The minimum Gasteiger partial charge on any atom is -0.468 e. The normalized spacial score (nSPS) is 15.8. The third-order valence-corrected chi connectivity index (χ3v) is 5.85. The van der Waals surface area contributed by atoms with E-state index in [9.17, 15) is 0 Å². The summed E-state index contributed by atoms with van der Waals surface area (Å²) in [4.78, 5) is 14.4. The maximum atomic E-state index is 5.49. The lowest BCUT2D eigenvalue weighted by Gasteiger charge is -2.36. The van der Waals surface area contributed by atoms with Crippen LogP contribution in [0.1, 0.15) is 35.4 Å². The van der Waals surface area contributed by atoms with Gasteiger partial charge in [0.15, 0.2) is 0 Å². The molecule has 1 fully saturated rings. The average Bonchev–Trinajstić information content (AvgIpc) is 3.16. The number of aromatic nitrogens is 2. The van der Waals surface area contributed by atoms with Gasteiger partial charge in [-0.25, -0.2) is 9.97 Å². The van der Waals surface area contributed by atoms with Crippen LogP contribution in [0, 0.1) is 20.8 Å². The molecule has 5 nitrogen and oxygen atoms in total. The second kappa shape index (κ2) is 7.31. The summed E-state index contributed by atoms with van der Waals surface area (Å²) in [5.74, 6) is 1.90. The minimum atomic E-state index is 0.567. The molecule has 0 amide bonds. The smallest absolute Gasteiger partial charge is 0.226 e. The second-order valence-corrected chi connectivity index (χ2v) is 7.78. The zero-order chi connectivity index (χ0) is 19.0. The zero-order valence-electron chi connectivity index (χ0n) is 16.7. The number of hydrogen-bond acceptors (Lipinski definition) is 5. The molecule has 27 heavy (non-hydrogen) atoms. The van der Waals surface area contributed by atoms with Gasteiger partial charge in [0.2, 0.25) is 5.95 Å². The van der Waals surface area contributed by atoms with Crippen LogP contribution in [0.2, 0.25) is 0 Å². The molecule has 1 aliphatic rings. The number of furan rings is 1. The molecule has 0 spiro atoms. The highest BCUT2D eigenvalue weighted by Gasteiger charge is 2.24. The average molecular weight is 364 g/mol. The number of rotatable bonds is 4. The zero-order valence-corrected chi connectivity index (χ0v) is 16.7. The Balaban J connectivity index is 1.47. The van der Waals surface area contributed by atoms with Crippen LogP contribution >= 0.6 is 0 Å². The van der Waals surface area contributed by atoms with E-state index in [0.717, 1.165) is 60.8 Å². The van der Waals surface area contributed by atoms with Crippen molar-refractivity contribution in [2.24, 2.45) is 0 Å². The molecule has 0 saturated carbocycles. The van der Waals surface area contributed by atoms with E-state index < -0.39 is 0 Å². The van der Waals surface area contributed by atoms with E-state index in [2.05, 4.69) is 49.8 Å². The summed E-state index contributed by atoms with van der Waals surface area (Å²) in [6.45, 7) is 9.22. The van der Waals surface area contributed by atoms with Gasteiger partial charge >= 0.3 is 0 Å². The molecule has 0 bridgehead atoms. The van der Waals surface area contributed by atoms with E-state index in [1.54, 1.807) is 6.26 Å². The number of hydrogen-bond donors (Lipinski definition) is 0. The SMILES string of the molecule is Cc1cc2nc(N3CCC(N(C)Cc4ccco4)CC3)nc(C)c2cc1C. The predicted molar refractivity (Wildman–Crippen MR) is 109 cm³/mol. The van der Waals surface area contributed by atoms with Crippen LogP contribution < -0.4 is 4.90 Å². The Hall–Kier alpha value is -2.40. The fourth-order valence-corrected chi connectivity index (χ4v) is 3.95. The summed E-state index contributed by atoms with van der Waals surface area (Å²) < 4.78 is 5.49. The van der Waals surface area contributed by atoms with Gasteiger partial charge in [-0.2, -0.15) is 0 Å². The molecule has 0 unspecified atom stereocenters. The van der Waals surface area contributed by atoms with E-state index in [4.69, 9.17) is 14.4 Å². The van der Waals surface area contributed by atoms with E-state index in [1.807, 2.05) is 12.1 Å². The molecule has 0 radical (unpaired) electrons. The molecular weight excluding hydrogens is 336 g/mol. The standard InChI is InChI=1S/C22H28N4O/c1-15-12-20-17(3)23-22(24-21(20)13-16(15)2)26-9-7-18(8-10-26)25(4)14-19-6-5-11-27-19/h5-6,11-13,18H,7-10,14H2,1-4H3. The lowest BCUT2D eigenvalue weighted by Crippen LogP contribution is -2.43. The Morgan fingerprint density at radius 2 is 1.85 bits per heavy atom. The minimum absolute atomic E-state index is 0.567. The lowest BCUT2D eigenvalue weighted by molar-refractivity contribution is 0.186. The summed E-state index contributed by atoms with van der Waals surface area (Å²) in [6.07, 6.45) is 3.98.